The SMILES string of the molecule is CCCCN(CCCC)C(=O)CN1CC(c2ccc3c(c2)OCO3)C(C(=O)OCCOCCO[N+](=O)[O-])C1c1ccc(OC)cc1. The van der Waals surface area contributed by atoms with Gasteiger partial charge in [0, 0.05) is 31.6 Å². The highest BCUT2D eigenvalue weighted by molar-refractivity contribution is 5.80. The van der Waals surface area contributed by atoms with Crippen molar-refractivity contribution in [3.63, 3.8) is 0 Å². The predicted octanol–water partition coefficient (Wildman–Crippen LogP) is 4.38. The van der Waals surface area contributed by atoms with Crippen LogP contribution in [0.5, 0.6) is 17.2 Å². The minimum absolute atomic E-state index is 0.0152. The number of hydrogen-bond donors (Lipinski definition) is 0. The Labute approximate surface area is 269 Å². The van der Waals surface area contributed by atoms with E-state index < -0.39 is 23.0 Å². The van der Waals surface area contributed by atoms with Crippen LogP contribution in [0.4, 0.5) is 0 Å². The number of fused-ring (bicyclic) bond motifs is 1. The Kier molecular flexibility index (Phi) is 13.3. The lowest BCUT2D eigenvalue weighted by Gasteiger charge is -2.30. The first-order chi connectivity index (χ1) is 22.4. The Morgan fingerprint density at radius 3 is 2.30 bits per heavy atom. The first kappa shape index (κ1) is 34.8. The van der Waals surface area contributed by atoms with Crippen molar-refractivity contribution in [2.45, 2.75) is 51.5 Å². The summed E-state index contributed by atoms with van der Waals surface area (Å²) in [6.45, 7) is 6.10. The molecule has 0 bridgehead atoms. The molecule has 3 atom stereocenters. The largest absolute Gasteiger partial charge is 0.497 e. The van der Waals surface area contributed by atoms with Gasteiger partial charge in [0.1, 0.15) is 19.0 Å². The van der Waals surface area contributed by atoms with Crippen LogP contribution in [0.3, 0.4) is 0 Å². The summed E-state index contributed by atoms with van der Waals surface area (Å²) in [6, 6.07) is 12.8. The van der Waals surface area contributed by atoms with Crippen LogP contribution in [0.15, 0.2) is 42.5 Å². The summed E-state index contributed by atoms with van der Waals surface area (Å²) in [5, 5.41) is 9.46. The molecular weight excluding hydrogens is 598 g/mol. The van der Waals surface area contributed by atoms with Gasteiger partial charge in [0.05, 0.1) is 32.8 Å². The monoisotopic (exact) mass is 643 g/mol. The molecule has 13 heteroatoms. The molecule has 13 nitrogen and oxygen atoms in total. The van der Waals surface area contributed by atoms with Gasteiger partial charge in [0.25, 0.3) is 5.09 Å². The lowest BCUT2D eigenvalue weighted by molar-refractivity contribution is -0.758. The predicted molar refractivity (Wildman–Crippen MR) is 167 cm³/mol. The van der Waals surface area contributed by atoms with Crippen LogP contribution in [-0.4, -0.2) is 93.3 Å². The minimum atomic E-state index is -0.887. The zero-order valence-corrected chi connectivity index (χ0v) is 26.9. The van der Waals surface area contributed by atoms with Gasteiger partial charge in [-0.3, -0.25) is 14.5 Å². The lowest BCUT2D eigenvalue weighted by atomic mass is 9.82. The average molecular weight is 644 g/mol. The Morgan fingerprint density at radius 1 is 0.957 bits per heavy atom. The second-order valence-electron chi connectivity index (χ2n) is 11.3. The maximum absolute atomic E-state index is 14.0. The van der Waals surface area contributed by atoms with E-state index in [1.807, 2.05) is 47.4 Å². The van der Waals surface area contributed by atoms with Crippen molar-refractivity contribution in [3.05, 3.63) is 63.7 Å². The van der Waals surface area contributed by atoms with Crippen LogP contribution in [0.1, 0.15) is 62.6 Å². The molecule has 0 spiro atoms. The summed E-state index contributed by atoms with van der Waals surface area (Å²) in [6.07, 6.45) is 3.82. The molecule has 0 N–H and O–H groups in total. The van der Waals surface area contributed by atoms with Crippen molar-refractivity contribution in [1.29, 1.82) is 0 Å². The number of unbranched alkanes of at least 4 members (excludes halogenated alkanes) is 2. The molecule has 2 aromatic carbocycles. The van der Waals surface area contributed by atoms with Gasteiger partial charge >= 0.3 is 5.97 Å². The third-order valence-electron chi connectivity index (χ3n) is 8.30. The molecule has 3 unspecified atom stereocenters. The number of benzene rings is 2. The van der Waals surface area contributed by atoms with Crippen LogP contribution in [0.25, 0.3) is 0 Å². The highest BCUT2D eigenvalue weighted by Crippen LogP contribution is 2.48. The van der Waals surface area contributed by atoms with Gasteiger partial charge in [-0.15, -0.1) is 10.1 Å². The number of hydrogen-bond acceptors (Lipinski definition) is 11. The van der Waals surface area contributed by atoms with Crippen molar-refractivity contribution in [2.75, 3.05) is 66.5 Å². The molecule has 2 heterocycles. The number of ether oxygens (including phenoxy) is 5. The Bertz CT molecular complexity index is 1280. The topological polar surface area (TPSA) is 139 Å². The standard InChI is InChI=1S/C33H45N3O10/c1-4-6-14-34(15-7-5-2)30(37)22-35-21-27(25-10-13-28-29(20-25)45-23-44-28)31(32(35)24-8-11-26(41-3)12-9-24)33(38)43-18-16-42-17-19-46-36(39)40/h8-13,20,27,31-32H,4-7,14-19,21-23H2,1-3H3. The third-order valence-corrected chi connectivity index (χ3v) is 8.30. The number of esters is 1. The quantitative estimate of drug-likeness (QED) is 0.0933. The number of amides is 1. The highest BCUT2D eigenvalue weighted by Gasteiger charge is 2.49. The summed E-state index contributed by atoms with van der Waals surface area (Å²) in [5.41, 5.74) is 1.74. The van der Waals surface area contributed by atoms with Crippen LogP contribution in [-0.2, 0) is 23.9 Å². The van der Waals surface area contributed by atoms with E-state index in [1.165, 1.54) is 0 Å². The lowest BCUT2D eigenvalue weighted by Crippen LogP contribution is -2.42. The Hall–Kier alpha value is -4.10. The van der Waals surface area contributed by atoms with Crippen molar-refractivity contribution < 1.29 is 43.2 Å². The molecular formula is C33H45N3O10. The fourth-order valence-electron chi connectivity index (χ4n) is 5.96. The first-order valence-corrected chi connectivity index (χ1v) is 15.9. The van der Waals surface area contributed by atoms with Crippen LogP contribution >= 0.6 is 0 Å². The summed E-state index contributed by atoms with van der Waals surface area (Å²) in [7, 11) is 1.60. The second-order valence-corrected chi connectivity index (χ2v) is 11.3. The summed E-state index contributed by atoms with van der Waals surface area (Å²) in [4.78, 5) is 46.5. The average Bonchev–Trinajstić information content (AvgIpc) is 3.68. The van der Waals surface area contributed by atoms with Crippen molar-refractivity contribution >= 4 is 11.9 Å². The molecule has 4 rings (SSSR count). The summed E-state index contributed by atoms with van der Waals surface area (Å²) < 4.78 is 27.7. The van der Waals surface area contributed by atoms with Gasteiger partial charge in [0.15, 0.2) is 11.5 Å². The zero-order chi connectivity index (χ0) is 32.9. The number of carbonyl (C=O) groups is 2. The van der Waals surface area contributed by atoms with E-state index in [0.717, 1.165) is 36.8 Å². The van der Waals surface area contributed by atoms with Crippen molar-refractivity contribution in [1.82, 2.24) is 9.80 Å². The van der Waals surface area contributed by atoms with E-state index in [9.17, 15) is 19.7 Å². The van der Waals surface area contributed by atoms with Gasteiger partial charge in [-0.25, -0.2) is 0 Å². The van der Waals surface area contributed by atoms with E-state index in [4.69, 9.17) is 23.7 Å². The molecule has 0 saturated carbocycles. The van der Waals surface area contributed by atoms with Gasteiger partial charge in [0.2, 0.25) is 12.7 Å². The molecule has 46 heavy (non-hydrogen) atoms. The zero-order valence-electron chi connectivity index (χ0n) is 26.9. The Balaban J connectivity index is 1.62. The van der Waals surface area contributed by atoms with E-state index in [-0.39, 0.29) is 51.6 Å². The Morgan fingerprint density at radius 2 is 1.63 bits per heavy atom. The van der Waals surface area contributed by atoms with Gasteiger partial charge in [-0.1, -0.05) is 44.9 Å². The maximum atomic E-state index is 14.0. The van der Waals surface area contributed by atoms with Gasteiger partial charge in [-0.2, -0.15) is 0 Å². The number of rotatable bonds is 19. The van der Waals surface area contributed by atoms with E-state index >= 15 is 0 Å². The minimum Gasteiger partial charge on any atom is -0.497 e. The molecule has 1 fully saturated rings. The smallest absolute Gasteiger partial charge is 0.311 e. The van der Waals surface area contributed by atoms with E-state index in [0.29, 0.717) is 36.9 Å². The maximum Gasteiger partial charge on any atom is 0.311 e. The molecule has 0 aromatic heterocycles. The molecule has 2 aromatic rings. The molecule has 1 saturated heterocycles. The number of methoxy groups -OCH3 is 1. The number of carbonyl (C=O) groups excluding carboxylic acids is 2. The molecule has 1 amide bonds. The summed E-state index contributed by atoms with van der Waals surface area (Å²) in [5.74, 6) is 0.534. The van der Waals surface area contributed by atoms with Crippen LogP contribution in [0.2, 0.25) is 0 Å². The third kappa shape index (κ3) is 9.23. The van der Waals surface area contributed by atoms with E-state index in [1.54, 1.807) is 7.11 Å². The molecule has 0 radical (unpaired) electrons. The number of likely N-dealkylation sites (tertiary alicyclic amines) is 1. The van der Waals surface area contributed by atoms with Crippen molar-refractivity contribution in [2.24, 2.45) is 5.92 Å². The molecule has 2 aliphatic heterocycles. The normalized spacial score (nSPS) is 18.7. The summed E-state index contributed by atoms with van der Waals surface area (Å²) >= 11 is 0. The number of nitrogens with zero attached hydrogens (tertiary/aromatic N) is 3. The molecule has 0 aliphatic carbocycles. The van der Waals surface area contributed by atoms with Gasteiger partial charge in [-0.05, 0) is 48.2 Å². The molecule has 252 valence electrons. The van der Waals surface area contributed by atoms with Gasteiger partial charge < -0.3 is 33.4 Å². The molecule has 2 aliphatic rings. The second kappa shape index (κ2) is 17.6. The van der Waals surface area contributed by atoms with Crippen molar-refractivity contribution in [3.8, 4) is 17.2 Å². The fourth-order valence-corrected chi connectivity index (χ4v) is 5.96. The first-order valence-electron chi connectivity index (χ1n) is 15.9. The van der Waals surface area contributed by atoms with E-state index in [2.05, 4.69) is 23.6 Å². The van der Waals surface area contributed by atoms with Crippen LogP contribution < -0.4 is 14.2 Å². The highest BCUT2D eigenvalue weighted by atomic mass is 17.0. The van der Waals surface area contributed by atoms with Crippen LogP contribution in [0, 0.1) is 16.0 Å². The fraction of sp³-hybridized carbons (Fsp3) is 0.576.